The van der Waals surface area contributed by atoms with E-state index in [1.807, 2.05) is 0 Å². The number of nitrogens with one attached hydrogen (secondary N) is 1. The number of aliphatic hydroxyl groups excluding tert-OH is 1. The minimum atomic E-state index is -4.37. The molecule has 108 valence electrons. The lowest BCUT2D eigenvalue weighted by molar-refractivity contribution is -0.137. The number of halogens is 3. The summed E-state index contributed by atoms with van der Waals surface area (Å²) < 4.78 is 38.1. The van der Waals surface area contributed by atoms with Crippen LogP contribution >= 0.6 is 0 Å². The van der Waals surface area contributed by atoms with E-state index in [0.717, 1.165) is 17.8 Å². The fraction of sp³-hybridized carbons (Fsp3) is 0.357. The monoisotopic (exact) mass is 284 g/mol. The van der Waals surface area contributed by atoms with Gasteiger partial charge in [0.05, 0.1) is 11.1 Å². The molecular weight excluding hydrogens is 269 g/mol. The van der Waals surface area contributed by atoms with Crippen LogP contribution in [0.5, 0.6) is 0 Å². The lowest BCUT2D eigenvalue weighted by atomic mass is 10.1. The van der Waals surface area contributed by atoms with Crippen molar-refractivity contribution in [3.8, 4) is 0 Å². The lowest BCUT2D eigenvalue weighted by Gasteiger charge is -2.12. The largest absolute Gasteiger partial charge is 0.416 e. The summed E-state index contributed by atoms with van der Waals surface area (Å²) in [4.78, 5) is 4.15. The highest BCUT2D eigenvalue weighted by Gasteiger charge is 2.30. The molecule has 0 aliphatic carbocycles. The molecule has 0 aliphatic rings. The van der Waals surface area contributed by atoms with E-state index in [4.69, 9.17) is 5.11 Å². The number of hydrogen-bond acceptors (Lipinski definition) is 3. The van der Waals surface area contributed by atoms with Crippen molar-refractivity contribution in [2.24, 2.45) is 0 Å². The van der Waals surface area contributed by atoms with Crippen LogP contribution in [-0.4, -0.2) is 23.2 Å². The van der Waals surface area contributed by atoms with E-state index in [2.05, 4.69) is 10.3 Å². The van der Waals surface area contributed by atoms with Crippen LogP contribution in [0, 0.1) is 6.92 Å². The number of hydrogen-bond donors (Lipinski definition) is 2. The van der Waals surface area contributed by atoms with Gasteiger partial charge in [0.1, 0.15) is 0 Å². The van der Waals surface area contributed by atoms with E-state index in [9.17, 15) is 13.2 Å². The van der Waals surface area contributed by atoms with Crippen LogP contribution in [0.15, 0.2) is 24.3 Å². The molecule has 0 radical (unpaired) electrons. The van der Waals surface area contributed by atoms with E-state index in [1.165, 1.54) is 6.07 Å². The maximum Gasteiger partial charge on any atom is 0.416 e. The Morgan fingerprint density at radius 1 is 1.25 bits per heavy atom. The molecule has 3 nitrogen and oxygen atoms in total. The summed E-state index contributed by atoms with van der Waals surface area (Å²) in [5.41, 5.74) is 0.980. The van der Waals surface area contributed by atoms with Gasteiger partial charge in [-0.25, -0.2) is 0 Å². The predicted molar refractivity (Wildman–Crippen MR) is 71.7 cm³/mol. The number of rotatable bonds is 4. The fourth-order valence-electron chi connectivity index (χ4n) is 1.99. The highest BCUT2D eigenvalue weighted by molar-refractivity contribution is 5.91. The number of nitrogens with zero attached hydrogens (tertiary/aromatic N) is 1. The van der Waals surface area contributed by atoms with Crippen molar-refractivity contribution in [1.29, 1.82) is 0 Å². The molecule has 20 heavy (non-hydrogen) atoms. The summed E-state index contributed by atoms with van der Waals surface area (Å²) in [5, 5.41) is 12.5. The van der Waals surface area contributed by atoms with Crippen LogP contribution in [0.25, 0.3) is 10.9 Å². The maximum atomic E-state index is 12.7. The second kappa shape index (κ2) is 5.66. The molecule has 0 amide bonds. The van der Waals surface area contributed by atoms with Gasteiger partial charge in [0, 0.05) is 29.9 Å². The van der Waals surface area contributed by atoms with Gasteiger partial charge in [-0.05, 0) is 31.5 Å². The van der Waals surface area contributed by atoms with E-state index < -0.39 is 11.7 Å². The van der Waals surface area contributed by atoms with Gasteiger partial charge >= 0.3 is 6.18 Å². The Kier molecular flexibility index (Phi) is 4.13. The second-order valence-electron chi connectivity index (χ2n) is 4.54. The Bertz CT molecular complexity index is 611. The lowest BCUT2D eigenvalue weighted by Crippen LogP contribution is -2.07. The zero-order valence-electron chi connectivity index (χ0n) is 11.0. The van der Waals surface area contributed by atoms with Gasteiger partial charge in [0.25, 0.3) is 0 Å². The number of benzene rings is 1. The van der Waals surface area contributed by atoms with Crippen LogP contribution in [0.2, 0.25) is 0 Å². The van der Waals surface area contributed by atoms with Gasteiger partial charge in [0.15, 0.2) is 0 Å². The Morgan fingerprint density at radius 2 is 2.00 bits per heavy atom. The molecule has 2 N–H and O–H groups in total. The number of aromatic nitrogens is 1. The molecule has 2 rings (SSSR count). The Balaban J connectivity index is 2.44. The van der Waals surface area contributed by atoms with Gasteiger partial charge in [-0.1, -0.05) is 6.07 Å². The fourth-order valence-corrected chi connectivity index (χ4v) is 1.99. The number of aliphatic hydroxyl groups is 1. The van der Waals surface area contributed by atoms with Crippen molar-refractivity contribution in [1.82, 2.24) is 4.98 Å². The number of pyridine rings is 1. The highest BCUT2D eigenvalue weighted by Crippen LogP contribution is 2.32. The molecule has 0 aliphatic heterocycles. The molecule has 0 bridgehead atoms. The zero-order chi connectivity index (χ0) is 14.8. The third-order valence-corrected chi connectivity index (χ3v) is 2.92. The van der Waals surface area contributed by atoms with Crippen molar-refractivity contribution in [3.63, 3.8) is 0 Å². The van der Waals surface area contributed by atoms with Crippen LogP contribution < -0.4 is 5.32 Å². The first-order valence-corrected chi connectivity index (χ1v) is 6.25. The van der Waals surface area contributed by atoms with E-state index >= 15 is 0 Å². The van der Waals surface area contributed by atoms with Gasteiger partial charge < -0.3 is 10.4 Å². The molecule has 2 aromatic rings. The van der Waals surface area contributed by atoms with E-state index in [1.54, 1.807) is 13.0 Å². The van der Waals surface area contributed by atoms with Crippen LogP contribution in [0.4, 0.5) is 18.9 Å². The van der Waals surface area contributed by atoms with Gasteiger partial charge in [0.2, 0.25) is 0 Å². The minimum absolute atomic E-state index is 0.0627. The van der Waals surface area contributed by atoms with Crippen molar-refractivity contribution in [2.75, 3.05) is 18.5 Å². The molecule has 0 spiro atoms. The highest BCUT2D eigenvalue weighted by atomic mass is 19.4. The zero-order valence-corrected chi connectivity index (χ0v) is 11.0. The molecule has 1 aromatic heterocycles. The molecule has 1 aromatic carbocycles. The Labute approximate surface area is 114 Å². The van der Waals surface area contributed by atoms with Crippen LogP contribution in [0.1, 0.15) is 17.7 Å². The summed E-state index contributed by atoms with van der Waals surface area (Å²) in [7, 11) is 0. The third-order valence-electron chi connectivity index (χ3n) is 2.92. The number of fused-ring (bicyclic) bond motifs is 1. The van der Waals surface area contributed by atoms with Crippen molar-refractivity contribution in [3.05, 3.63) is 35.5 Å². The standard InChI is InChI=1S/C14H15F3N2O/c1-9-7-12(18-5-2-6-20)11-4-3-10(14(15,16)17)8-13(11)19-9/h3-4,7-8,20H,2,5-6H2,1H3,(H,18,19). The van der Waals surface area contributed by atoms with E-state index in [0.29, 0.717) is 29.6 Å². The van der Waals surface area contributed by atoms with Gasteiger partial charge in [-0.3, -0.25) is 4.98 Å². The second-order valence-corrected chi connectivity index (χ2v) is 4.54. The summed E-state index contributed by atoms with van der Waals surface area (Å²) in [6, 6.07) is 5.31. The normalized spacial score (nSPS) is 11.8. The topological polar surface area (TPSA) is 45.1 Å². The van der Waals surface area contributed by atoms with E-state index in [-0.39, 0.29) is 6.61 Å². The summed E-state index contributed by atoms with van der Waals surface area (Å²) >= 11 is 0. The predicted octanol–water partition coefficient (Wildman–Crippen LogP) is 3.36. The maximum absolute atomic E-state index is 12.7. The number of anilines is 1. The molecular formula is C14H15F3N2O. The first kappa shape index (κ1) is 14.6. The molecule has 0 fully saturated rings. The first-order chi connectivity index (χ1) is 9.41. The molecule has 0 saturated heterocycles. The van der Waals surface area contributed by atoms with Gasteiger partial charge in [-0.2, -0.15) is 13.2 Å². The molecule has 1 heterocycles. The molecule has 6 heteroatoms. The molecule has 0 unspecified atom stereocenters. The van der Waals surface area contributed by atoms with Crippen LogP contribution in [0.3, 0.4) is 0 Å². The Hall–Kier alpha value is -1.82. The average Bonchev–Trinajstić information content (AvgIpc) is 2.37. The molecule has 0 atom stereocenters. The quantitative estimate of drug-likeness (QED) is 0.846. The SMILES string of the molecule is Cc1cc(NCCCO)c2ccc(C(F)(F)F)cc2n1. The van der Waals surface area contributed by atoms with Crippen molar-refractivity contribution in [2.45, 2.75) is 19.5 Å². The summed E-state index contributed by atoms with van der Waals surface area (Å²) in [5.74, 6) is 0. The minimum Gasteiger partial charge on any atom is -0.396 e. The van der Waals surface area contributed by atoms with Crippen molar-refractivity contribution < 1.29 is 18.3 Å². The third kappa shape index (κ3) is 3.19. The Morgan fingerprint density at radius 3 is 2.65 bits per heavy atom. The smallest absolute Gasteiger partial charge is 0.396 e. The van der Waals surface area contributed by atoms with Gasteiger partial charge in [-0.15, -0.1) is 0 Å². The summed E-state index contributed by atoms with van der Waals surface area (Å²) in [6.07, 6.45) is -3.80. The van der Waals surface area contributed by atoms with Crippen molar-refractivity contribution >= 4 is 16.6 Å². The number of aryl methyl sites for hydroxylation is 1. The summed E-state index contributed by atoms with van der Waals surface area (Å²) in [6.45, 7) is 2.35. The average molecular weight is 284 g/mol. The van der Waals surface area contributed by atoms with Crippen LogP contribution in [-0.2, 0) is 6.18 Å². The first-order valence-electron chi connectivity index (χ1n) is 6.25. The number of alkyl halides is 3. The molecule has 0 saturated carbocycles.